The summed E-state index contributed by atoms with van der Waals surface area (Å²) in [5.74, 6) is -0.667. The summed E-state index contributed by atoms with van der Waals surface area (Å²) >= 11 is 6.44. The Hall–Kier alpha value is -1.14. The normalized spacial score (nSPS) is 7.90. The van der Waals surface area contributed by atoms with Gasteiger partial charge in [-0.1, -0.05) is 44.5 Å². The highest BCUT2D eigenvalue weighted by atomic mass is 33.1. The van der Waals surface area contributed by atoms with Crippen LogP contribution in [0, 0.1) is 0 Å². The number of carbonyl (C=O) groups is 2. The van der Waals surface area contributed by atoms with Crippen molar-refractivity contribution in [1.82, 2.24) is 0 Å². The molecule has 0 aliphatic carbocycles. The molecule has 1 aromatic carbocycles. The number of hydrogen-bond donors (Lipinski definition) is 4. The molecule has 4 nitrogen and oxygen atoms in total. The van der Waals surface area contributed by atoms with Crippen LogP contribution in [0.4, 0.5) is 0 Å². The fourth-order valence-corrected chi connectivity index (χ4v) is 1.42. The van der Waals surface area contributed by atoms with Gasteiger partial charge in [0.25, 0.3) is 0 Å². The Morgan fingerprint density at radius 1 is 0.952 bits per heavy atom. The van der Waals surface area contributed by atoms with Crippen LogP contribution < -0.4 is 11.5 Å². The Morgan fingerprint density at radius 2 is 1.29 bits per heavy atom. The summed E-state index contributed by atoms with van der Waals surface area (Å²) in [7, 11) is 0. The average Bonchev–Trinajstić information content (AvgIpc) is 2.41. The van der Waals surface area contributed by atoms with Crippen molar-refractivity contribution >= 4 is 35.1 Å². The second-order valence-electron chi connectivity index (χ2n) is 4.09. The minimum atomic E-state index is -0.333. The summed E-state index contributed by atoms with van der Waals surface area (Å²) < 4.78 is 0. The molecule has 0 heterocycles. The molecule has 2 amide bonds. The number of aryl methyl sites for hydroxylation is 2. The third kappa shape index (κ3) is 24.3. The minimum Gasteiger partial charge on any atom is -0.370 e. The first kappa shape index (κ1) is 24.9. The first-order chi connectivity index (χ1) is 9.84. The van der Waals surface area contributed by atoms with E-state index in [-0.39, 0.29) is 11.8 Å². The van der Waals surface area contributed by atoms with Gasteiger partial charge in [-0.3, -0.25) is 9.59 Å². The molecule has 21 heavy (non-hydrogen) atoms. The van der Waals surface area contributed by atoms with Gasteiger partial charge in [0.05, 0.1) is 0 Å². The molecule has 6 heteroatoms. The van der Waals surface area contributed by atoms with E-state index in [1.54, 1.807) is 0 Å². The third-order valence-corrected chi connectivity index (χ3v) is 2.02. The molecule has 0 aliphatic rings. The first-order valence-corrected chi connectivity index (χ1v) is 8.23. The van der Waals surface area contributed by atoms with Crippen LogP contribution in [0.5, 0.6) is 0 Å². The molecule has 0 atom stereocenters. The van der Waals surface area contributed by atoms with Gasteiger partial charge in [-0.2, -0.15) is 0 Å². The Morgan fingerprint density at radius 3 is 1.57 bits per heavy atom. The molecule has 0 unspecified atom stereocenters. The van der Waals surface area contributed by atoms with Crippen LogP contribution in [-0.4, -0.2) is 11.8 Å². The molecule has 0 aliphatic heterocycles. The van der Waals surface area contributed by atoms with Crippen LogP contribution in [0.15, 0.2) is 24.3 Å². The molecule has 1 rings (SSSR count). The second-order valence-corrected chi connectivity index (χ2v) is 4.09. The molecule has 122 valence electrons. The SMILES string of the molecule is CC(N)=O.CC(N)=O.CCCc1ccccc1CC.SS. The van der Waals surface area contributed by atoms with E-state index in [2.05, 4.69) is 72.9 Å². The maximum absolute atomic E-state index is 9.22. The molecule has 4 N–H and O–H groups in total. The van der Waals surface area contributed by atoms with E-state index in [4.69, 9.17) is 0 Å². The van der Waals surface area contributed by atoms with Crippen LogP contribution in [0.1, 0.15) is 45.2 Å². The van der Waals surface area contributed by atoms with Crippen LogP contribution in [0.25, 0.3) is 0 Å². The maximum Gasteiger partial charge on any atom is 0.214 e. The van der Waals surface area contributed by atoms with Gasteiger partial charge in [-0.15, -0.1) is 23.3 Å². The number of thiol groups is 2. The van der Waals surface area contributed by atoms with E-state index in [1.165, 1.54) is 37.8 Å². The summed E-state index contributed by atoms with van der Waals surface area (Å²) in [6.45, 7) is 7.06. The predicted molar refractivity (Wildman–Crippen MR) is 97.5 cm³/mol. The van der Waals surface area contributed by atoms with Gasteiger partial charge in [0.1, 0.15) is 0 Å². The lowest BCUT2D eigenvalue weighted by molar-refractivity contribution is -0.116. The van der Waals surface area contributed by atoms with Crippen molar-refractivity contribution in [3.05, 3.63) is 35.4 Å². The van der Waals surface area contributed by atoms with Gasteiger partial charge in [0, 0.05) is 13.8 Å². The Balaban J connectivity index is -0.000000271. The van der Waals surface area contributed by atoms with Gasteiger partial charge in [0.2, 0.25) is 11.8 Å². The molecule has 0 spiro atoms. The van der Waals surface area contributed by atoms with Gasteiger partial charge in [0.15, 0.2) is 0 Å². The summed E-state index contributed by atoms with van der Waals surface area (Å²) in [6.07, 6.45) is 3.64. The molecule has 0 bridgehead atoms. The van der Waals surface area contributed by atoms with Gasteiger partial charge in [-0.25, -0.2) is 0 Å². The third-order valence-electron chi connectivity index (χ3n) is 2.02. The molecule has 0 saturated heterocycles. The Kier molecular flexibility index (Phi) is 22.3. The lowest BCUT2D eigenvalue weighted by Crippen LogP contribution is -2.01. The summed E-state index contributed by atoms with van der Waals surface area (Å²) in [5.41, 5.74) is 12.0. The predicted octanol–water partition coefficient (Wildman–Crippen LogP) is 2.95. The highest BCUT2D eigenvalue weighted by Crippen LogP contribution is 2.10. The lowest BCUT2D eigenvalue weighted by Gasteiger charge is -2.04. The van der Waals surface area contributed by atoms with Crippen LogP contribution >= 0.6 is 23.3 Å². The van der Waals surface area contributed by atoms with Crippen molar-refractivity contribution in [3.63, 3.8) is 0 Å². The largest absolute Gasteiger partial charge is 0.370 e. The number of carbonyl (C=O) groups excluding carboxylic acids is 2. The highest BCUT2D eigenvalue weighted by molar-refractivity contribution is 8.59. The topological polar surface area (TPSA) is 86.2 Å². The van der Waals surface area contributed by atoms with Crippen molar-refractivity contribution < 1.29 is 9.59 Å². The quantitative estimate of drug-likeness (QED) is 0.507. The maximum atomic E-state index is 9.22. The van der Waals surface area contributed by atoms with E-state index >= 15 is 0 Å². The lowest BCUT2D eigenvalue weighted by atomic mass is 10.0. The summed E-state index contributed by atoms with van der Waals surface area (Å²) in [4.78, 5) is 18.4. The fourth-order valence-electron chi connectivity index (χ4n) is 1.42. The zero-order chi connectivity index (χ0) is 17.3. The molecule has 0 fully saturated rings. The second kappa shape index (κ2) is 18.9. The fraction of sp³-hybridized carbons (Fsp3) is 0.467. The Bertz CT molecular complexity index is 366. The van der Waals surface area contributed by atoms with Crippen molar-refractivity contribution in [2.75, 3.05) is 0 Å². The summed E-state index contributed by atoms with van der Waals surface area (Å²) in [6, 6.07) is 8.72. The van der Waals surface area contributed by atoms with Crippen LogP contribution in [0.3, 0.4) is 0 Å². The highest BCUT2D eigenvalue weighted by Gasteiger charge is 1.96. The zero-order valence-corrected chi connectivity index (χ0v) is 15.1. The van der Waals surface area contributed by atoms with Gasteiger partial charge in [-0.05, 0) is 24.0 Å². The van der Waals surface area contributed by atoms with Gasteiger partial charge >= 0.3 is 0 Å². The van der Waals surface area contributed by atoms with Crippen LogP contribution in [0.2, 0.25) is 0 Å². The smallest absolute Gasteiger partial charge is 0.214 e. The average molecular weight is 333 g/mol. The van der Waals surface area contributed by atoms with E-state index in [9.17, 15) is 9.59 Å². The van der Waals surface area contributed by atoms with E-state index in [0.29, 0.717) is 0 Å². The molecule has 0 aromatic heterocycles. The number of benzene rings is 1. The number of primary amides is 2. The van der Waals surface area contributed by atoms with Gasteiger partial charge < -0.3 is 11.5 Å². The van der Waals surface area contributed by atoms with Crippen molar-refractivity contribution in [2.24, 2.45) is 11.5 Å². The first-order valence-electron chi connectivity index (χ1n) is 6.63. The van der Waals surface area contributed by atoms with Crippen LogP contribution in [-0.2, 0) is 22.4 Å². The number of nitrogens with two attached hydrogens (primary N) is 2. The van der Waals surface area contributed by atoms with E-state index in [1.807, 2.05) is 0 Å². The van der Waals surface area contributed by atoms with Crippen molar-refractivity contribution in [2.45, 2.75) is 47.0 Å². The standard InChI is InChI=1S/C11H16.2C2H5NO.H2S2/c1-3-7-11-9-6-5-8-10(11)4-2;2*1-2(3)4;1-2/h5-6,8-9H,3-4,7H2,1-2H3;2*1H3,(H2,3,4);1-2H. The van der Waals surface area contributed by atoms with Crippen molar-refractivity contribution in [1.29, 1.82) is 0 Å². The molecule has 0 saturated carbocycles. The number of amides is 2. The summed E-state index contributed by atoms with van der Waals surface area (Å²) in [5, 5.41) is 0. The van der Waals surface area contributed by atoms with E-state index < -0.39 is 0 Å². The van der Waals surface area contributed by atoms with Crippen molar-refractivity contribution in [3.8, 4) is 0 Å². The molecular formula is C15H28N2O2S2. The minimum absolute atomic E-state index is 0.333. The Labute approximate surface area is 138 Å². The van der Waals surface area contributed by atoms with E-state index in [0.717, 1.165) is 6.42 Å². The molecule has 1 aromatic rings. The molecule has 0 radical (unpaired) electrons. The zero-order valence-electron chi connectivity index (χ0n) is 13.3. The number of rotatable bonds is 3. The monoisotopic (exact) mass is 332 g/mol. The number of hydrogen-bond acceptors (Lipinski definition) is 4. The molecular weight excluding hydrogens is 304 g/mol.